The number of carbonyl (C=O) groups excluding carboxylic acids is 2. The van der Waals surface area contributed by atoms with Gasteiger partial charge in [-0.2, -0.15) is 0 Å². The summed E-state index contributed by atoms with van der Waals surface area (Å²) in [4.78, 5) is 35.2. The lowest BCUT2D eigenvalue weighted by atomic mass is 9.90. The summed E-state index contributed by atoms with van der Waals surface area (Å²) in [6.45, 7) is 7.17. The number of rotatable bonds is 13. The number of ketones is 1. The van der Waals surface area contributed by atoms with Crippen molar-refractivity contribution in [3.8, 4) is 17.0 Å². The van der Waals surface area contributed by atoms with Crippen LogP contribution < -0.4 is 10.1 Å². The van der Waals surface area contributed by atoms with Gasteiger partial charge in [0.2, 0.25) is 5.91 Å². The maximum atomic E-state index is 14.0. The zero-order valence-corrected chi connectivity index (χ0v) is 22.7. The van der Waals surface area contributed by atoms with Crippen LogP contribution in [0.25, 0.3) is 11.3 Å². The van der Waals surface area contributed by atoms with Gasteiger partial charge in [0, 0.05) is 30.4 Å². The summed E-state index contributed by atoms with van der Waals surface area (Å²) in [7, 11) is 1.40. The van der Waals surface area contributed by atoms with Crippen molar-refractivity contribution in [3.63, 3.8) is 0 Å². The largest absolute Gasteiger partial charge is 0.496 e. The Bertz CT molecular complexity index is 1130. The van der Waals surface area contributed by atoms with Crippen LogP contribution in [0.4, 0.5) is 8.78 Å². The van der Waals surface area contributed by atoms with Crippen LogP contribution in [0, 0.1) is 23.0 Å². The molecule has 0 unspecified atom stereocenters. The van der Waals surface area contributed by atoms with Gasteiger partial charge in [-0.25, -0.2) is 13.8 Å². The first-order valence-corrected chi connectivity index (χ1v) is 13.9. The molecule has 2 aliphatic rings. The number of piperidine rings is 1. The van der Waals surface area contributed by atoms with Gasteiger partial charge in [0.05, 0.1) is 25.0 Å². The molecule has 1 saturated heterocycles. The molecule has 2 fully saturated rings. The molecule has 7 nitrogen and oxygen atoms in total. The van der Waals surface area contributed by atoms with Crippen LogP contribution >= 0.6 is 0 Å². The molecule has 1 amide bonds. The van der Waals surface area contributed by atoms with Crippen molar-refractivity contribution in [1.82, 2.24) is 20.2 Å². The van der Waals surface area contributed by atoms with E-state index in [4.69, 9.17) is 4.74 Å². The fourth-order valence-electron chi connectivity index (χ4n) is 5.72. The average molecular weight is 531 g/mol. The molecule has 2 heterocycles. The molecule has 9 heteroatoms. The Morgan fingerprint density at radius 2 is 1.92 bits per heavy atom. The molecule has 38 heavy (non-hydrogen) atoms. The van der Waals surface area contributed by atoms with Crippen molar-refractivity contribution in [3.05, 3.63) is 35.8 Å². The summed E-state index contributed by atoms with van der Waals surface area (Å²) in [5.74, 6) is -0.855. The van der Waals surface area contributed by atoms with Gasteiger partial charge in [-0.3, -0.25) is 9.59 Å². The maximum absolute atomic E-state index is 14.0. The Morgan fingerprint density at radius 1 is 1.18 bits per heavy atom. The minimum Gasteiger partial charge on any atom is -0.496 e. The van der Waals surface area contributed by atoms with E-state index in [1.165, 1.54) is 7.11 Å². The average Bonchev–Trinajstić information content (AvgIpc) is 3.39. The number of nitrogens with one attached hydrogen (secondary N) is 2. The molecule has 208 valence electrons. The normalized spacial score (nSPS) is 19.3. The topological polar surface area (TPSA) is 87.3 Å². The van der Waals surface area contributed by atoms with Crippen molar-refractivity contribution in [2.45, 2.75) is 77.7 Å². The molecule has 1 aromatic carbocycles. The number of aromatic amines is 1. The number of carbonyl (C=O) groups is 2. The van der Waals surface area contributed by atoms with Gasteiger partial charge in [-0.05, 0) is 63.2 Å². The fourth-order valence-corrected chi connectivity index (χ4v) is 5.72. The van der Waals surface area contributed by atoms with Crippen molar-refractivity contribution in [2.24, 2.45) is 11.3 Å². The number of hydrogen-bond donors (Lipinski definition) is 2. The SMILES string of the molecule is CCC(=O)CCCCC[C@H](NC(=O)[C@H]1CC12CCN(CC)CC2)c1ncc(-c2cc(F)c(F)cc2OC)[nH]1. The van der Waals surface area contributed by atoms with E-state index in [0.29, 0.717) is 36.3 Å². The second-order valence-corrected chi connectivity index (χ2v) is 10.8. The van der Waals surface area contributed by atoms with Crippen LogP contribution in [0.1, 0.15) is 83.5 Å². The van der Waals surface area contributed by atoms with E-state index in [1.807, 2.05) is 6.92 Å². The number of ether oxygens (including phenoxy) is 1. The number of H-pyrrole nitrogens is 1. The minimum atomic E-state index is -0.986. The fraction of sp³-hybridized carbons (Fsp3) is 0.621. The summed E-state index contributed by atoms with van der Waals surface area (Å²) in [6.07, 6.45) is 8.91. The number of imidazole rings is 1. The number of hydrogen-bond acceptors (Lipinski definition) is 5. The van der Waals surface area contributed by atoms with Crippen LogP contribution in [0.15, 0.2) is 18.3 Å². The van der Waals surface area contributed by atoms with E-state index in [9.17, 15) is 18.4 Å². The maximum Gasteiger partial charge on any atom is 0.224 e. The number of nitrogens with zero attached hydrogens (tertiary/aromatic N) is 2. The predicted octanol–water partition coefficient (Wildman–Crippen LogP) is 5.57. The van der Waals surface area contributed by atoms with E-state index >= 15 is 0 Å². The smallest absolute Gasteiger partial charge is 0.224 e. The molecule has 1 spiro atoms. The number of benzene rings is 1. The molecule has 1 saturated carbocycles. The molecular weight excluding hydrogens is 490 g/mol. The zero-order valence-electron chi connectivity index (χ0n) is 22.7. The lowest BCUT2D eigenvalue weighted by Crippen LogP contribution is -2.37. The van der Waals surface area contributed by atoms with Gasteiger partial charge >= 0.3 is 0 Å². The van der Waals surface area contributed by atoms with Crippen LogP contribution in [0.2, 0.25) is 0 Å². The third-order valence-corrected chi connectivity index (χ3v) is 8.42. The van der Waals surface area contributed by atoms with Gasteiger partial charge in [0.15, 0.2) is 11.6 Å². The molecule has 4 rings (SSSR count). The van der Waals surface area contributed by atoms with E-state index in [2.05, 4.69) is 27.1 Å². The first-order valence-electron chi connectivity index (χ1n) is 13.9. The number of methoxy groups -OCH3 is 1. The highest BCUT2D eigenvalue weighted by Crippen LogP contribution is 2.59. The van der Waals surface area contributed by atoms with Gasteiger partial charge < -0.3 is 19.9 Å². The van der Waals surface area contributed by atoms with Crippen molar-refractivity contribution in [2.75, 3.05) is 26.7 Å². The Morgan fingerprint density at radius 3 is 2.61 bits per heavy atom. The summed E-state index contributed by atoms with van der Waals surface area (Å²) < 4.78 is 33.0. The second-order valence-electron chi connectivity index (χ2n) is 10.8. The van der Waals surface area contributed by atoms with Gasteiger partial charge in [-0.1, -0.05) is 26.7 Å². The molecule has 2 aromatic rings. The van der Waals surface area contributed by atoms with Gasteiger partial charge in [0.1, 0.15) is 17.4 Å². The second kappa shape index (κ2) is 12.4. The van der Waals surface area contributed by atoms with Crippen LogP contribution in [0.5, 0.6) is 5.75 Å². The number of unbranched alkanes of at least 4 members (excludes halogenated alkanes) is 2. The molecule has 0 radical (unpaired) electrons. The number of likely N-dealkylation sites (tertiary alicyclic amines) is 1. The lowest BCUT2D eigenvalue weighted by Gasteiger charge is -2.32. The van der Waals surface area contributed by atoms with Crippen LogP contribution in [-0.2, 0) is 9.59 Å². The molecular formula is C29H40F2N4O3. The first kappa shape index (κ1) is 28.2. The third-order valence-electron chi connectivity index (χ3n) is 8.42. The molecule has 2 N–H and O–H groups in total. The Hall–Kier alpha value is -2.81. The highest BCUT2D eigenvalue weighted by Gasteiger charge is 2.58. The zero-order chi connectivity index (χ0) is 27.3. The van der Waals surface area contributed by atoms with Crippen molar-refractivity contribution < 1.29 is 23.1 Å². The summed E-state index contributed by atoms with van der Waals surface area (Å²) in [6, 6.07) is 1.75. The summed E-state index contributed by atoms with van der Waals surface area (Å²) in [5, 5.41) is 3.24. The third kappa shape index (κ3) is 6.42. The summed E-state index contributed by atoms with van der Waals surface area (Å²) in [5.41, 5.74) is 0.962. The first-order chi connectivity index (χ1) is 18.3. The monoisotopic (exact) mass is 530 g/mol. The van der Waals surface area contributed by atoms with E-state index in [-0.39, 0.29) is 34.8 Å². The lowest BCUT2D eigenvalue weighted by molar-refractivity contribution is -0.124. The van der Waals surface area contributed by atoms with E-state index < -0.39 is 11.6 Å². The van der Waals surface area contributed by atoms with Crippen molar-refractivity contribution >= 4 is 11.7 Å². The highest BCUT2D eigenvalue weighted by atomic mass is 19.2. The Kier molecular flexibility index (Phi) is 9.18. The van der Waals surface area contributed by atoms with Crippen molar-refractivity contribution in [1.29, 1.82) is 0 Å². The highest BCUT2D eigenvalue weighted by molar-refractivity contribution is 5.83. The van der Waals surface area contributed by atoms with Gasteiger partial charge in [-0.15, -0.1) is 0 Å². The quantitative estimate of drug-likeness (QED) is 0.331. The Labute approximate surface area is 223 Å². The van der Waals surface area contributed by atoms with Gasteiger partial charge in [0.25, 0.3) is 0 Å². The van der Waals surface area contributed by atoms with E-state index in [0.717, 1.165) is 70.3 Å². The number of aromatic nitrogens is 2. The number of amides is 1. The summed E-state index contributed by atoms with van der Waals surface area (Å²) >= 11 is 0. The molecule has 1 aliphatic carbocycles. The predicted molar refractivity (Wildman–Crippen MR) is 142 cm³/mol. The molecule has 1 aliphatic heterocycles. The molecule has 2 atom stereocenters. The minimum absolute atomic E-state index is 0.0203. The van der Waals surface area contributed by atoms with E-state index in [1.54, 1.807) is 6.20 Å². The number of Topliss-reactive ketones (excluding diaryl/α,β-unsaturated/α-hetero) is 1. The van der Waals surface area contributed by atoms with Crippen LogP contribution in [-0.4, -0.2) is 53.3 Å². The van der Waals surface area contributed by atoms with Crippen LogP contribution in [0.3, 0.4) is 0 Å². The standard InChI is InChI=1S/C29H40F2N4O3/c1-4-19(36)9-7-6-8-10-24(34-28(37)21-17-29(21)11-13-35(5-2)14-12-29)27-32-18-25(33-27)20-15-22(30)23(31)16-26(20)38-3/h15-16,18,21,24H,4-14,17H2,1-3H3,(H,32,33)(H,34,37)/t21-,24+/m1/s1. The number of halogens is 2. The Balaban J connectivity index is 1.46. The molecule has 1 aromatic heterocycles. The molecule has 0 bridgehead atoms.